The molecule has 2 rings (SSSR count). The Labute approximate surface area is 138 Å². The normalized spacial score (nSPS) is 12.7. The van der Waals surface area contributed by atoms with Crippen LogP contribution in [-0.4, -0.2) is 18.6 Å². The lowest BCUT2D eigenvalue weighted by molar-refractivity contribution is -0.144. The van der Waals surface area contributed by atoms with Crippen LogP contribution in [0.1, 0.15) is 18.1 Å². The van der Waals surface area contributed by atoms with Crippen LogP contribution in [0.2, 0.25) is 0 Å². The Morgan fingerprint density at radius 2 is 1.75 bits per heavy atom. The summed E-state index contributed by atoms with van der Waals surface area (Å²) in [6.45, 7) is 1.94. The van der Waals surface area contributed by atoms with Gasteiger partial charge in [-0.2, -0.15) is 13.2 Å². The number of alkyl halides is 3. The third kappa shape index (κ3) is 4.58. The van der Waals surface area contributed by atoms with Crippen molar-refractivity contribution in [3.8, 4) is 11.1 Å². The summed E-state index contributed by atoms with van der Waals surface area (Å²) in [5, 5.41) is 0. The third-order valence-corrected chi connectivity index (χ3v) is 3.50. The standard InChI is InChI=1S/C18H18F3NO2/c1-2-24-17(23)16(22)10-12-5-3-6-13(9-12)14-7-4-8-15(11-14)18(19,20)21/h3-9,11,16H,2,10,22H2,1H3/t16-/m0/s1. The van der Waals surface area contributed by atoms with Gasteiger partial charge in [-0.1, -0.05) is 36.4 Å². The molecule has 1 atom stereocenters. The van der Waals surface area contributed by atoms with E-state index in [-0.39, 0.29) is 13.0 Å². The predicted octanol–water partition coefficient (Wildman–Crippen LogP) is 3.81. The molecule has 3 nitrogen and oxygen atoms in total. The van der Waals surface area contributed by atoms with Crippen LogP contribution in [-0.2, 0) is 22.1 Å². The number of hydrogen-bond donors (Lipinski definition) is 1. The zero-order chi connectivity index (χ0) is 17.7. The van der Waals surface area contributed by atoms with Crippen molar-refractivity contribution in [2.24, 2.45) is 5.73 Å². The molecule has 128 valence electrons. The number of ether oxygens (including phenoxy) is 1. The molecule has 0 aromatic heterocycles. The van der Waals surface area contributed by atoms with E-state index < -0.39 is 23.8 Å². The maximum atomic E-state index is 12.8. The first-order chi connectivity index (χ1) is 11.3. The summed E-state index contributed by atoms with van der Waals surface area (Å²) in [5.74, 6) is -0.498. The molecule has 2 aromatic carbocycles. The van der Waals surface area contributed by atoms with Crippen LogP contribution in [0.25, 0.3) is 11.1 Å². The van der Waals surface area contributed by atoms with Gasteiger partial charge in [0.25, 0.3) is 0 Å². The fourth-order valence-electron chi connectivity index (χ4n) is 2.34. The van der Waals surface area contributed by atoms with E-state index >= 15 is 0 Å². The first kappa shape index (κ1) is 18.0. The van der Waals surface area contributed by atoms with Gasteiger partial charge in [-0.15, -0.1) is 0 Å². The lowest BCUT2D eigenvalue weighted by atomic mass is 9.98. The zero-order valence-corrected chi connectivity index (χ0v) is 13.1. The Kier molecular flexibility index (Phi) is 5.62. The quantitative estimate of drug-likeness (QED) is 0.844. The van der Waals surface area contributed by atoms with Gasteiger partial charge in [0, 0.05) is 0 Å². The van der Waals surface area contributed by atoms with Crippen molar-refractivity contribution in [2.75, 3.05) is 6.61 Å². The Morgan fingerprint density at radius 1 is 1.12 bits per heavy atom. The summed E-state index contributed by atoms with van der Waals surface area (Å²) < 4.78 is 43.3. The topological polar surface area (TPSA) is 52.3 Å². The molecule has 0 amide bonds. The zero-order valence-electron chi connectivity index (χ0n) is 13.1. The van der Waals surface area contributed by atoms with Crippen LogP contribution >= 0.6 is 0 Å². The Morgan fingerprint density at radius 3 is 2.38 bits per heavy atom. The number of carbonyl (C=O) groups is 1. The predicted molar refractivity (Wildman–Crippen MR) is 85.2 cm³/mol. The number of benzene rings is 2. The molecule has 0 fully saturated rings. The largest absolute Gasteiger partial charge is 0.465 e. The van der Waals surface area contributed by atoms with Gasteiger partial charge in [0.05, 0.1) is 12.2 Å². The van der Waals surface area contributed by atoms with Gasteiger partial charge in [0.1, 0.15) is 6.04 Å². The van der Waals surface area contributed by atoms with E-state index in [1.807, 2.05) is 0 Å². The highest BCUT2D eigenvalue weighted by Gasteiger charge is 2.30. The molecule has 2 N–H and O–H groups in total. The first-order valence-electron chi connectivity index (χ1n) is 7.50. The molecule has 6 heteroatoms. The van der Waals surface area contributed by atoms with E-state index in [4.69, 9.17) is 10.5 Å². The lowest BCUT2D eigenvalue weighted by Crippen LogP contribution is -2.34. The molecule has 0 aliphatic rings. The van der Waals surface area contributed by atoms with Crippen LogP contribution in [0.3, 0.4) is 0 Å². The molecular formula is C18H18F3NO2. The highest BCUT2D eigenvalue weighted by atomic mass is 19.4. The first-order valence-corrected chi connectivity index (χ1v) is 7.50. The van der Waals surface area contributed by atoms with Gasteiger partial charge in [-0.25, -0.2) is 0 Å². The molecule has 0 aliphatic carbocycles. The SMILES string of the molecule is CCOC(=O)[C@@H](N)Cc1cccc(-c2cccc(C(F)(F)F)c2)c1. The highest BCUT2D eigenvalue weighted by Crippen LogP contribution is 2.32. The molecule has 0 heterocycles. The fourth-order valence-corrected chi connectivity index (χ4v) is 2.34. The number of esters is 1. The maximum absolute atomic E-state index is 12.8. The highest BCUT2D eigenvalue weighted by molar-refractivity contribution is 5.76. The minimum absolute atomic E-state index is 0.247. The fraction of sp³-hybridized carbons (Fsp3) is 0.278. The van der Waals surface area contributed by atoms with Crippen molar-refractivity contribution >= 4 is 5.97 Å². The second kappa shape index (κ2) is 7.49. The maximum Gasteiger partial charge on any atom is 0.416 e. The molecular weight excluding hydrogens is 319 g/mol. The van der Waals surface area contributed by atoms with E-state index in [0.717, 1.165) is 17.7 Å². The second-order valence-electron chi connectivity index (χ2n) is 5.34. The average molecular weight is 337 g/mol. The molecule has 0 saturated heterocycles. The number of hydrogen-bond acceptors (Lipinski definition) is 3. The van der Waals surface area contributed by atoms with E-state index in [0.29, 0.717) is 11.1 Å². The Balaban J connectivity index is 2.23. The van der Waals surface area contributed by atoms with E-state index in [2.05, 4.69) is 0 Å². The van der Waals surface area contributed by atoms with Crippen molar-refractivity contribution in [3.63, 3.8) is 0 Å². The minimum atomic E-state index is -4.39. The van der Waals surface area contributed by atoms with Crippen molar-refractivity contribution in [1.29, 1.82) is 0 Å². The van der Waals surface area contributed by atoms with Gasteiger partial charge < -0.3 is 10.5 Å². The molecule has 2 aromatic rings. The van der Waals surface area contributed by atoms with Gasteiger partial charge >= 0.3 is 12.1 Å². The molecule has 24 heavy (non-hydrogen) atoms. The Bertz CT molecular complexity index is 713. The Hall–Kier alpha value is -2.34. The molecule has 0 saturated carbocycles. The number of rotatable bonds is 5. The van der Waals surface area contributed by atoms with Crippen molar-refractivity contribution in [3.05, 3.63) is 59.7 Å². The number of carbonyl (C=O) groups excluding carboxylic acids is 1. The molecule has 0 aliphatic heterocycles. The summed E-state index contributed by atoms with van der Waals surface area (Å²) >= 11 is 0. The van der Waals surface area contributed by atoms with Gasteiger partial charge in [-0.3, -0.25) is 4.79 Å². The molecule has 0 unspecified atom stereocenters. The minimum Gasteiger partial charge on any atom is -0.465 e. The van der Waals surface area contributed by atoms with Gasteiger partial charge in [0.15, 0.2) is 0 Å². The molecule has 0 radical (unpaired) electrons. The van der Waals surface area contributed by atoms with Crippen molar-refractivity contribution < 1.29 is 22.7 Å². The number of halogens is 3. The summed E-state index contributed by atoms with van der Waals surface area (Å²) in [4.78, 5) is 11.6. The number of nitrogens with two attached hydrogens (primary N) is 1. The van der Waals surface area contributed by atoms with E-state index in [1.165, 1.54) is 6.07 Å². The van der Waals surface area contributed by atoms with Crippen LogP contribution in [0.5, 0.6) is 0 Å². The lowest BCUT2D eigenvalue weighted by Gasteiger charge is -2.12. The van der Waals surface area contributed by atoms with E-state index in [1.54, 1.807) is 37.3 Å². The smallest absolute Gasteiger partial charge is 0.416 e. The monoisotopic (exact) mass is 337 g/mol. The summed E-state index contributed by atoms with van der Waals surface area (Å²) in [5.41, 5.74) is 6.93. The van der Waals surface area contributed by atoms with Crippen LogP contribution in [0, 0.1) is 0 Å². The van der Waals surface area contributed by atoms with Crippen molar-refractivity contribution in [2.45, 2.75) is 25.6 Å². The van der Waals surface area contributed by atoms with Crippen LogP contribution < -0.4 is 5.73 Å². The second-order valence-corrected chi connectivity index (χ2v) is 5.34. The summed E-state index contributed by atoms with van der Waals surface area (Å²) in [6.07, 6.45) is -4.13. The molecule has 0 bridgehead atoms. The van der Waals surface area contributed by atoms with Crippen LogP contribution in [0.15, 0.2) is 48.5 Å². The molecule has 0 spiro atoms. The van der Waals surface area contributed by atoms with E-state index in [9.17, 15) is 18.0 Å². The van der Waals surface area contributed by atoms with Crippen molar-refractivity contribution in [1.82, 2.24) is 0 Å². The average Bonchev–Trinajstić information content (AvgIpc) is 2.54. The third-order valence-electron chi connectivity index (χ3n) is 3.50. The van der Waals surface area contributed by atoms with Gasteiger partial charge in [-0.05, 0) is 42.2 Å². The van der Waals surface area contributed by atoms with Gasteiger partial charge in [0.2, 0.25) is 0 Å². The summed E-state index contributed by atoms with van der Waals surface area (Å²) in [7, 11) is 0. The summed E-state index contributed by atoms with van der Waals surface area (Å²) in [6, 6.07) is 11.3. The van der Waals surface area contributed by atoms with Crippen LogP contribution in [0.4, 0.5) is 13.2 Å².